The minimum atomic E-state index is -3.90. The van der Waals surface area contributed by atoms with Gasteiger partial charge in [0, 0.05) is 11.0 Å². The summed E-state index contributed by atoms with van der Waals surface area (Å²) in [6.45, 7) is -0.320. The van der Waals surface area contributed by atoms with Crippen LogP contribution in [0.3, 0.4) is 0 Å². The van der Waals surface area contributed by atoms with E-state index in [1.807, 2.05) is 4.72 Å². The minimum absolute atomic E-state index is 0.0281. The number of carboxylic acids is 1. The number of sulfonamides is 1. The third-order valence-electron chi connectivity index (χ3n) is 1.96. The van der Waals surface area contributed by atoms with Crippen LogP contribution < -0.4 is 10.5 Å². The van der Waals surface area contributed by atoms with Gasteiger partial charge in [-0.25, -0.2) is 8.42 Å². The number of hydrogen-bond acceptors (Lipinski definition) is 4. The summed E-state index contributed by atoms with van der Waals surface area (Å²) in [6.07, 6.45) is 0. The average Bonchev–Trinajstić information content (AvgIpc) is 2.26. The van der Waals surface area contributed by atoms with E-state index in [0.717, 1.165) is 0 Å². The summed E-state index contributed by atoms with van der Waals surface area (Å²) in [4.78, 5) is 10.7. The van der Waals surface area contributed by atoms with Crippen LogP contribution in [0.4, 0.5) is 0 Å². The van der Waals surface area contributed by atoms with Gasteiger partial charge in [-0.15, -0.1) is 0 Å². The molecule has 0 amide bonds. The summed E-state index contributed by atoms with van der Waals surface area (Å²) in [5, 5.41) is 8.73. The van der Waals surface area contributed by atoms with Gasteiger partial charge in [0.1, 0.15) is 6.04 Å². The Balaban J connectivity index is 3.05. The molecule has 1 aromatic rings. The van der Waals surface area contributed by atoms with E-state index >= 15 is 0 Å². The highest BCUT2D eigenvalue weighted by Crippen LogP contribution is 2.20. The third kappa shape index (κ3) is 3.50. The second kappa shape index (κ2) is 5.58. The van der Waals surface area contributed by atoms with E-state index in [-0.39, 0.29) is 11.4 Å². The van der Waals surface area contributed by atoms with E-state index in [2.05, 4.69) is 15.9 Å². The van der Waals surface area contributed by atoms with Crippen LogP contribution in [0, 0.1) is 0 Å². The summed E-state index contributed by atoms with van der Waals surface area (Å²) in [7, 11) is -3.90. The first kappa shape index (κ1) is 14.1. The second-order valence-corrected chi connectivity index (χ2v) is 5.71. The number of nitrogens with two attached hydrogens (primary N) is 1. The number of carboxylic acid groups (broad SMARTS) is 1. The van der Waals surface area contributed by atoms with Crippen molar-refractivity contribution in [1.29, 1.82) is 0 Å². The van der Waals surface area contributed by atoms with Crippen molar-refractivity contribution in [2.45, 2.75) is 10.9 Å². The van der Waals surface area contributed by atoms with Crippen LogP contribution in [0.1, 0.15) is 0 Å². The quantitative estimate of drug-likeness (QED) is 0.714. The monoisotopic (exact) mass is 322 g/mol. The number of nitrogens with one attached hydrogen (secondary N) is 1. The molecule has 1 aromatic carbocycles. The summed E-state index contributed by atoms with van der Waals surface area (Å²) >= 11 is 3.08. The molecule has 6 nitrogen and oxygen atoms in total. The van der Waals surface area contributed by atoms with Crippen molar-refractivity contribution in [2.75, 3.05) is 6.54 Å². The van der Waals surface area contributed by atoms with Gasteiger partial charge >= 0.3 is 5.97 Å². The number of aliphatic carboxylic acids is 1. The fourth-order valence-corrected chi connectivity index (χ4v) is 3.32. The van der Waals surface area contributed by atoms with E-state index < -0.39 is 22.0 Å². The summed E-state index contributed by atoms with van der Waals surface area (Å²) < 4.78 is 26.1. The lowest BCUT2D eigenvalue weighted by Crippen LogP contribution is -2.45. The van der Waals surface area contributed by atoms with Gasteiger partial charge in [0.2, 0.25) is 10.0 Å². The molecule has 94 valence electrons. The smallest absolute Gasteiger partial charge is 0.323 e. The molecule has 0 fully saturated rings. The third-order valence-corrected chi connectivity index (χ3v) is 4.44. The Morgan fingerprint density at radius 1 is 1.47 bits per heavy atom. The molecular formula is C9H11BrN2O4S. The Bertz CT molecular complexity index is 517. The maximum absolute atomic E-state index is 11.9. The Morgan fingerprint density at radius 2 is 2.06 bits per heavy atom. The van der Waals surface area contributed by atoms with E-state index in [1.54, 1.807) is 12.1 Å². The molecule has 1 rings (SSSR count). The number of carbonyl (C=O) groups is 1. The van der Waals surface area contributed by atoms with Crippen molar-refractivity contribution in [2.24, 2.45) is 5.73 Å². The molecule has 0 aliphatic rings. The molecular weight excluding hydrogens is 312 g/mol. The molecule has 0 aliphatic heterocycles. The first-order valence-electron chi connectivity index (χ1n) is 4.58. The maximum atomic E-state index is 11.9. The standard InChI is InChI=1S/C9H11BrN2O4S/c10-6-3-1-2-4-8(6)17(15,16)12-7(5-11)9(13)14/h1-4,7,12H,5,11H2,(H,13,14). The van der Waals surface area contributed by atoms with Crippen LogP contribution in [-0.4, -0.2) is 32.1 Å². The summed E-state index contributed by atoms with van der Waals surface area (Å²) in [5.74, 6) is -1.32. The number of benzene rings is 1. The SMILES string of the molecule is NCC(NS(=O)(=O)c1ccccc1Br)C(=O)O. The van der Waals surface area contributed by atoms with Crippen LogP contribution in [0.25, 0.3) is 0 Å². The zero-order chi connectivity index (χ0) is 13.1. The van der Waals surface area contributed by atoms with Crippen molar-refractivity contribution in [3.05, 3.63) is 28.7 Å². The van der Waals surface area contributed by atoms with Crippen LogP contribution in [0.15, 0.2) is 33.6 Å². The summed E-state index contributed by atoms with van der Waals surface area (Å²) in [5.41, 5.74) is 5.18. The Labute approximate surface area is 107 Å². The molecule has 0 aromatic heterocycles. The van der Waals surface area contributed by atoms with Crippen molar-refractivity contribution in [3.8, 4) is 0 Å². The lowest BCUT2D eigenvalue weighted by Gasteiger charge is -2.13. The maximum Gasteiger partial charge on any atom is 0.323 e. The summed E-state index contributed by atoms with van der Waals surface area (Å²) in [6, 6.07) is 4.76. The van der Waals surface area contributed by atoms with E-state index in [1.165, 1.54) is 12.1 Å². The number of hydrogen-bond donors (Lipinski definition) is 3. The second-order valence-electron chi connectivity index (χ2n) is 3.18. The molecule has 4 N–H and O–H groups in total. The first-order valence-corrected chi connectivity index (χ1v) is 6.86. The van der Waals surface area contributed by atoms with Gasteiger partial charge in [0.25, 0.3) is 0 Å². The molecule has 0 saturated carbocycles. The highest BCUT2D eigenvalue weighted by Gasteiger charge is 2.25. The predicted molar refractivity (Wildman–Crippen MR) is 64.9 cm³/mol. The lowest BCUT2D eigenvalue weighted by molar-refractivity contribution is -0.138. The van der Waals surface area contributed by atoms with Crippen molar-refractivity contribution < 1.29 is 18.3 Å². The molecule has 0 saturated heterocycles. The highest BCUT2D eigenvalue weighted by molar-refractivity contribution is 9.10. The molecule has 1 atom stereocenters. The fraction of sp³-hybridized carbons (Fsp3) is 0.222. The van der Waals surface area contributed by atoms with Gasteiger partial charge in [0.15, 0.2) is 0 Å². The fourth-order valence-electron chi connectivity index (χ4n) is 1.11. The van der Waals surface area contributed by atoms with E-state index in [0.29, 0.717) is 4.47 Å². The van der Waals surface area contributed by atoms with Crippen LogP contribution in [0.5, 0.6) is 0 Å². The zero-order valence-corrected chi connectivity index (χ0v) is 11.0. The molecule has 1 unspecified atom stereocenters. The van der Waals surface area contributed by atoms with Crippen LogP contribution in [0.2, 0.25) is 0 Å². The number of halogens is 1. The number of rotatable bonds is 5. The molecule has 17 heavy (non-hydrogen) atoms. The van der Waals surface area contributed by atoms with E-state index in [4.69, 9.17) is 10.8 Å². The van der Waals surface area contributed by atoms with Gasteiger partial charge in [-0.05, 0) is 28.1 Å². The molecule has 0 bridgehead atoms. The lowest BCUT2D eigenvalue weighted by atomic mass is 10.3. The minimum Gasteiger partial charge on any atom is -0.480 e. The molecule has 0 spiro atoms. The van der Waals surface area contributed by atoms with Gasteiger partial charge in [-0.3, -0.25) is 4.79 Å². The molecule has 0 aliphatic carbocycles. The van der Waals surface area contributed by atoms with Crippen molar-refractivity contribution >= 4 is 31.9 Å². The van der Waals surface area contributed by atoms with Gasteiger partial charge in [-0.2, -0.15) is 4.72 Å². The molecule has 0 heterocycles. The zero-order valence-electron chi connectivity index (χ0n) is 8.63. The van der Waals surface area contributed by atoms with Crippen molar-refractivity contribution in [3.63, 3.8) is 0 Å². The first-order chi connectivity index (χ1) is 7.88. The Kier molecular flexibility index (Phi) is 4.63. The van der Waals surface area contributed by atoms with Gasteiger partial charge in [0.05, 0.1) is 4.90 Å². The molecule has 8 heteroatoms. The normalized spacial score (nSPS) is 13.3. The topological polar surface area (TPSA) is 109 Å². The van der Waals surface area contributed by atoms with Crippen molar-refractivity contribution in [1.82, 2.24) is 4.72 Å². The van der Waals surface area contributed by atoms with Crippen LogP contribution >= 0.6 is 15.9 Å². The van der Waals surface area contributed by atoms with Crippen LogP contribution in [-0.2, 0) is 14.8 Å². The van der Waals surface area contributed by atoms with Gasteiger partial charge in [-0.1, -0.05) is 12.1 Å². The Hall–Kier alpha value is -0.960. The highest BCUT2D eigenvalue weighted by atomic mass is 79.9. The largest absolute Gasteiger partial charge is 0.480 e. The van der Waals surface area contributed by atoms with E-state index in [9.17, 15) is 13.2 Å². The molecule has 0 radical (unpaired) electrons. The van der Waals surface area contributed by atoms with Gasteiger partial charge < -0.3 is 10.8 Å². The predicted octanol–water partition coefficient (Wildman–Crippen LogP) is 0.139. The average molecular weight is 323 g/mol. The Morgan fingerprint density at radius 3 is 2.53 bits per heavy atom.